The highest BCUT2D eigenvalue weighted by Gasteiger charge is 2.35. The molecule has 2 aliphatic heterocycles. The van der Waals surface area contributed by atoms with Gasteiger partial charge in [-0.15, -0.1) is 0 Å². The van der Waals surface area contributed by atoms with Gasteiger partial charge in [0.15, 0.2) is 5.78 Å². The minimum atomic E-state index is -4.52. The van der Waals surface area contributed by atoms with Gasteiger partial charge in [0, 0.05) is 12.2 Å². The van der Waals surface area contributed by atoms with Gasteiger partial charge in [-0.2, -0.15) is 4.99 Å². The highest BCUT2D eigenvalue weighted by Crippen LogP contribution is 2.39. The molecular weight excluding hydrogens is 419 g/mol. The summed E-state index contributed by atoms with van der Waals surface area (Å²) >= 11 is 0. The fourth-order valence-electron chi connectivity index (χ4n) is 3.93. The Morgan fingerprint density at radius 3 is 2.42 bits per heavy atom. The molecule has 168 valence electrons. The van der Waals surface area contributed by atoms with Gasteiger partial charge in [-0.1, -0.05) is 20.8 Å². The summed E-state index contributed by atoms with van der Waals surface area (Å²) in [5.74, 6) is -0.301. The number of aliphatic imine (C=N–C) groups is 1. The van der Waals surface area contributed by atoms with E-state index in [9.17, 15) is 14.2 Å². The fourth-order valence-corrected chi connectivity index (χ4v) is 4.36. The van der Waals surface area contributed by atoms with Crippen LogP contribution in [-0.4, -0.2) is 40.5 Å². The van der Waals surface area contributed by atoms with Gasteiger partial charge < -0.3 is 14.7 Å². The number of amidine groups is 1. The third-order valence-corrected chi connectivity index (χ3v) is 6.83. The van der Waals surface area contributed by atoms with E-state index < -0.39 is 13.7 Å². The molecule has 0 saturated heterocycles. The van der Waals surface area contributed by atoms with Crippen LogP contribution in [0.15, 0.2) is 22.7 Å². The Bertz CT molecular complexity index is 1030. The summed E-state index contributed by atoms with van der Waals surface area (Å²) in [6, 6.07) is 4.08. The van der Waals surface area contributed by atoms with Gasteiger partial charge in [0.25, 0.3) is 5.91 Å². The molecule has 2 heterocycles. The summed E-state index contributed by atoms with van der Waals surface area (Å²) in [7, 11) is -4.52. The Morgan fingerprint density at radius 2 is 1.77 bits per heavy atom. The van der Waals surface area contributed by atoms with Crippen LogP contribution in [0, 0.1) is 31.6 Å². The van der Waals surface area contributed by atoms with Crippen molar-refractivity contribution < 1.29 is 28.5 Å². The molecule has 0 aromatic heterocycles. The smallest absolute Gasteiger partial charge is 0.325 e. The van der Waals surface area contributed by atoms with Crippen molar-refractivity contribution in [3.8, 4) is 0 Å². The number of amides is 1. The molecule has 0 aliphatic carbocycles. The zero-order valence-electron chi connectivity index (χ0n) is 18.5. The molecular formula is C22H29N2O6P. The van der Waals surface area contributed by atoms with Crippen molar-refractivity contribution in [2.24, 2.45) is 22.7 Å². The molecule has 0 spiro atoms. The monoisotopic (exact) mass is 448 g/mol. The van der Waals surface area contributed by atoms with Crippen molar-refractivity contribution in [3.63, 3.8) is 0 Å². The van der Waals surface area contributed by atoms with Gasteiger partial charge in [-0.25, -0.2) is 4.57 Å². The average Bonchev–Trinajstić information content (AvgIpc) is 2.67. The van der Waals surface area contributed by atoms with E-state index in [4.69, 9.17) is 9.79 Å². The number of nitrogens with zero attached hydrogens (tertiary/aromatic N) is 2. The van der Waals surface area contributed by atoms with Crippen LogP contribution in [-0.2, 0) is 18.7 Å². The first-order chi connectivity index (χ1) is 14.4. The van der Waals surface area contributed by atoms with Crippen LogP contribution < -0.4 is 4.90 Å². The van der Waals surface area contributed by atoms with Gasteiger partial charge in [0.2, 0.25) is 0 Å². The van der Waals surface area contributed by atoms with Crippen LogP contribution in [0.1, 0.15) is 43.9 Å². The number of hydrogen-bond donors (Lipinski definition) is 2. The van der Waals surface area contributed by atoms with E-state index in [1.165, 1.54) is 0 Å². The summed E-state index contributed by atoms with van der Waals surface area (Å²) in [5, 5.41) is 0. The molecule has 8 nitrogen and oxygen atoms in total. The Labute approximate surface area is 182 Å². The van der Waals surface area contributed by atoms with E-state index >= 15 is 0 Å². The lowest BCUT2D eigenvalue weighted by molar-refractivity contribution is -0.124. The van der Waals surface area contributed by atoms with Crippen molar-refractivity contribution in [2.45, 2.75) is 41.0 Å². The molecule has 1 amide bonds. The second-order valence-corrected chi connectivity index (χ2v) is 9.93. The molecule has 3 rings (SSSR count). The number of ketones is 1. The number of fused-ring (bicyclic) bond motifs is 2. The normalized spacial score (nSPS) is 19.3. The Balaban J connectivity index is 1.92. The van der Waals surface area contributed by atoms with Crippen LogP contribution in [0.2, 0.25) is 0 Å². The highest BCUT2D eigenvalue weighted by molar-refractivity contribution is 7.46. The number of hydrogen-bond acceptors (Lipinski definition) is 5. The maximum Gasteiger partial charge on any atom is 0.469 e. The van der Waals surface area contributed by atoms with Crippen LogP contribution in [0.3, 0.4) is 0 Å². The van der Waals surface area contributed by atoms with Gasteiger partial charge in [-0.05, 0) is 66.5 Å². The summed E-state index contributed by atoms with van der Waals surface area (Å²) in [6.45, 7) is 10.4. The summed E-state index contributed by atoms with van der Waals surface area (Å²) in [6.07, 6.45) is 1.60. The zero-order chi connectivity index (χ0) is 23.1. The maximum atomic E-state index is 12.6. The van der Waals surface area contributed by atoms with Gasteiger partial charge in [-0.3, -0.25) is 14.1 Å². The van der Waals surface area contributed by atoms with Gasteiger partial charge >= 0.3 is 7.82 Å². The SMILES string of the molecule is Cc1cc2c(cc1C)N(CC(C)C(C)C(C)COP(=O)(O)O)C1=NC(=O)CC(=O)C1=C2. The Kier molecular flexibility index (Phi) is 6.67. The number of phosphoric ester groups is 1. The Hall–Kier alpha value is -2.12. The van der Waals surface area contributed by atoms with E-state index in [-0.39, 0.29) is 36.6 Å². The first kappa shape index (κ1) is 23.5. The van der Waals surface area contributed by atoms with E-state index in [0.29, 0.717) is 18.0 Å². The summed E-state index contributed by atoms with van der Waals surface area (Å²) in [4.78, 5) is 48.7. The fraction of sp³-hybridized carbons (Fsp3) is 0.500. The van der Waals surface area contributed by atoms with Crippen molar-refractivity contribution in [2.75, 3.05) is 18.1 Å². The lowest BCUT2D eigenvalue weighted by Gasteiger charge is -2.37. The predicted molar refractivity (Wildman–Crippen MR) is 119 cm³/mol. The van der Waals surface area contributed by atoms with E-state index in [2.05, 4.69) is 9.52 Å². The molecule has 0 fully saturated rings. The maximum absolute atomic E-state index is 12.6. The second kappa shape index (κ2) is 8.79. The minimum absolute atomic E-state index is 0.0477. The van der Waals surface area contributed by atoms with Crippen molar-refractivity contribution in [3.05, 3.63) is 34.4 Å². The molecule has 0 radical (unpaired) electrons. The molecule has 31 heavy (non-hydrogen) atoms. The van der Waals surface area contributed by atoms with Crippen LogP contribution >= 0.6 is 7.82 Å². The average molecular weight is 448 g/mol. The molecule has 3 atom stereocenters. The first-order valence-corrected chi connectivity index (χ1v) is 11.9. The molecule has 3 unspecified atom stereocenters. The van der Waals surface area contributed by atoms with Crippen molar-refractivity contribution >= 4 is 37.1 Å². The highest BCUT2D eigenvalue weighted by atomic mass is 31.2. The number of rotatable bonds is 7. The standard InChI is InChI=1S/C22H29N2O6P/c1-12-6-17-8-18-20(25)9-21(26)23-22(18)24(19(17)7-13(12)2)10-14(3)16(5)15(4)11-30-31(27,28)29/h6-8,14-16H,9-11H2,1-5H3,(H2,27,28,29). The second-order valence-electron chi connectivity index (χ2n) is 8.69. The van der Waals surface area contributed by atoms with Gasteiger partial charge in [0.1, 0.15) is 5.84 Å². The number of phosphoric acid groups is 1. The molecule has 2 N–H and O–H groups in total. The number of carbonyl (C=O) groups excluding carboxylic acids is 2. The number of Topliss-reactive ketones (excluding diaryl/α,β-unsaturated/α-hetero) is 1. The number of benzene rings is 1. The third-order valence-electron chi connectivity index (χ3n) is 6.34. The van der Waals surface area contributed by atoms with Crippen molar-refractivity contribution in [1.82, 2.24) is 0 Å². The predicted octanol–water partition coefficient (Wildman–Crippen LogP) is 3.42. The number of carbonyl (C=O) groups is 2. The lowest BCUT2D eigenvalue weighted by Crippen LogP contribution is -2.44. The lowest BCUT2D eigenvalue weighted by atomic mass is 9.84. The van der Waals surface area contributed by atoms with E-state index in [1.54, 1.807) is 0 Å². The quantitative estimate of drug-likeness (QED) is 0.485. The third kappa shape index (κ3) is 5.21. The molecule has 9 heteroatoms. The first-order valence-electron chi connectivity index (χ1n) is 10.3. The topological polar surface area (TPSA) is 116 Å². The van der Waals surface area contributed by atoms with E-state index in [1.807, 2.05) is 57.7 Å². The largest absolute Gasteiger partial charge is 0.469 e. The van der Waals surface area contributed by atoms with Crippen LogP contribution in [0.25, 0.3) is 6.08 Å². The zero-order valence-corrected chi connectivity index (χ0v) is 19.3. The summed E-state index contributed by atoms with van der Waals surface area (Å²) in [5.41, 5.74) is 4.47. The molecule has 1 aromatic rings. The van der Waals surface area contributed by atoms with E-state index in [0.717, 1.165) is 22.4 Å². The van der Waals surface area contributed by atoms with Crippen molar-refractivity contribution in [1.29, 1.82) is 0 Å². The number of aryl methyl sites for hydroxylation is 2. The molecule has 2 aliphatic rings. The minimum Gasteiger partial charge on any atom is -0.325 e. The molecule has 0 bridgehead atoms. The molecule has 1 aromatic carbocycles. The van der Waals surface area contributed by atoms with Crippen LogP contribution in [0.5, 0.6) is 0 Å². The summed E-state index contributed by atoms with van der Waals surface area (Å²) < 4.78 is 15.7. The Morgan fingerprint density at radius 1 is 1.13 bits per heavy atom. The number of anilines is 1. The molecule has 0 saturated carbocycles. The van der Waals surface area contributed by atoms with Crippen LogP contribution in [0.4, 0.5) is 5.69 Å². The van der Waals surface area contributed by atoms with Gasteiger partial charge in [0.05, 0.1) is 18.6 Å².